The summed E-state index contributed by atoms with van der Waals surface area (Å²) in [6, 6.07) is 13.9. The van der Waals surface area contributed by atoms with Gasteiger partial charge in [0.2, 0.25) is 0 Å². The second-order valence-corrected chi connectivity index (χ2v) is 5.05. The third kappa shape index (κ3) is 2.18. The van der Waals surface area contributed by atoms with Crippen LogP contribution in [0.2, 0.25) is 0 Å². The topological polar surface area (TPSA) is 68.3 Å². The summed E-state index contributed by atoms with van der Waals surface area (Å²) in [6.45, 7) is 0.353. The Bertz CT molecular complexity index is 736. The molecule has 4 nitrogen and oxygen atoms in total. The molecule has 0 aliphatic carbocycles. The van der Waals surface area contributed by atoms with Crippen molar-refractivity contribution in [1.82, 2.24) is 10.3 Å². The summed E-state index contributed by atoms with van der Waals surface area (Å²) in [5.74, 6) is 0. The molecule has 20 heavy (non-hydrogen) atoms. The van der Waals surface area contributed by atoms with Crippen LogP contribution in [0.25, 0.3) is 21.8 Å². The van der Waals surface area contributed by atoms with Gasteiger partial charge < -0.3 is 20.5 Å². The number of aromatic amines is 1. The number of likely N-dealkylation sites (N-methyl/N-ethyl adjacent to an activating group) is 1. The number of rotatable bonds is 4. The molecule has 104 valence electrons. The number of aliphatic hydroxyl groups is 2. The normalized spacial score (nSPS) is 14.8. The zero-order chi connectivity index (χ0) is 14.1. The minimum Gasteiger partial charge on any atom is -0.389 e. The molecule has 0 aliphatic heterocycles. The molecular weight excluding hydrogens is 252 g/mol. The number of aromatic nitrogens is 1. The Hall–Kier alpha value is -1.88. The predicted octanol–water partition coefficient (Wildman–Crippen LogP) is 1.93. The van der Waals surface area contributed by atoms with Gasteiger partial charge in [-0.1, -0.05) is 30.3 Å². The fourth-order valence-electron chi connectivity index (χ4n) is 2.60. The fourth-order valence-corrected chi connectivity index (χ4v) is 2.60. The van der Waals surface area contributed by atoms with E-state index in [-0.39, 0.29) is 0 Å². The van der Waals surface area contributed by atoms with Crippen LogP contribution in [0.1, 0.15) is 11.7 Å². The van der Waals surface area contributed by atoms with Crippen molar-refractivity contribution in [1.29, 1.82) is 0 Å². The van der Waals surface area contributed by atoms with Crippen LogP contribution in [-0.4, -0.2) is 34.9 Å². The van der Waals surface area contributed by atoms with Gasteiger partial charge in [0.15, 0.2) is 0 Å². The van der Waals surface area contributed by atoms with Crippen LogP contribution in [0.15, 0.2) is 42.5 Å². The minimum absolute atomic E-state index is 0.353. The Morgan fingerprint density at radius 3 is 2.60 bits per heavy atom. The molecule has 0 bridgehead atoms. The van der Waals surface area contributed by atoms with Gasteiger partial charge >= 0.3 is 0 Å². The Balaban J connectivity index is 2.04. The van der Waals surface area contributed by atoms with Crippen LogP contribution in [0.5, 0.6) is 0 Å². The van der Waals surface area contributed by atoms with E-state index in [0.29, 0.717) is 12.1 Å². The first kappa shape index (κ1) is 13.1. The molecule has 3 rings (SSSR count). The third-order valence-corrected chi connectivity index (χ3v) is 3.65. The average Bonchev–Trinajstić information content (AvgIpc) is 2.84. The van der Waals surface area contributed by atoms with E-state index >= 15 is 0 Å². The molecule has 2 atom stereocenters. The molecule has 0 radical (unpaired) electrons. The Labute approximate surface area is 117 Å². The van der Waals surface area contributed by atoms with Crippen molar-refractivity contribution in [3.8, 4) is 0 Å². The quantitative estimate of drug-likeness (QED) is 0.585. The first-order chi connectivity index (χ1) is 9.70. The van der Waals surface area contributed by atoms with E-state index in [2.05, 4.69) is 16.4 Å². The number of hydrogen-bond acceptors (Lipinski definition) is 3. The van der Waals surface area contributed by atoms with Gasteiger partial charge in [-0.2, -0.15) is 0 Å². The van der Waals surface area contributed by atoms with E-state index < -0.39 is 12.2 Å². The number of benzene rings is 2. The molecule has 4 N–H and O–H groups in total. The van der Waals surface area contributed by atoms with Crippen LogP contribution in [-0.2, 0) is 0 Å². The number of H-pyrrole nitrogens is 1. The van der Waals surface area contributed by atoms with Crippen LogP contribution in [0.3, 0.4) is 0 Å². The number of nitrogens with one attached hydrogen (secondary N) is 2. The van der Waals surface area contributed by atoms with E-state index in [4.69, 9.17) is 0 Å². The van der Waals surface area contributed by atoms with Crippen LogP contribution in [0.4, 0.5) is 0 Å². The lowest BCUT2D eigenvalue weighted by molar-refractivity contribution is 0.0203. The predicted molar refractivity (Wildman–Crippen MR) is 80.7 cm³/mol. The van der Waals surface area contributed by atoms with Gasteiger partial charge in [0.05, 0.1) is 6.10 Å². The summed E-state index contributed by atoms with van der Waals surface area (Å²) in [5.41, 5.74) is 2.76. The maximum absolute atomic E-state index is 10.2. The Morgan fingerprint density at radius 2 is 1.80 bits per heavy atom. The van der Waals surface area contributed by atoms with Gasteiger partial charge in [-0.15, -0.1) is 0 Å². The molecule has 4 heteroatoms. The van der Waals surface area contributed by atoms with Crippen LogP contribution < -0.4 is 5.32 Å². The number of hydrogen-bond donors (Lipinski definition) is 4. The summed E-state index contributed by atoms with van der Waals surface area (Å²) in [5, 5.41) is 25.2. The van der Waals surface area contributed by atoms with Gasteiger partial charge in [-0.25, -0.2) is 0 Å². The van der Waals surface area contributed by atoms with E-state index in [1.165, 1.54) is 5.39 Å². The number of aliphatic hydroxyl groups excluding tert-OH is 2. The van der Waals surface area contributed by atoms with Gasteiger partial charge in [-0.3, -0.25) is 0 Å². The van der Waals surface area contributed by atoms with E-state index in [1.54, 1.807) is 7.05 Å². The van der Waals surface area contributed by atoms with E-state index in [9.17, 15) is 10.2 Å². The second-order valence-electron chi connectivity index (χ2n) is 5.05. The summed E-state index contributed by atoms with van der Waals surface area (Å²) in [7, 11) is 1.75. The van der Waals surface area contributed by atoms with Gasteiger partial charge in [0, 0.05) is 28.4 Å². The molecule has 2 unspecified atom stereocenters. The lowest BCUT2D eigenvalue weighted by atomic mass is 10.0. The highest BCUT2D eigenvalue weighted by molar-refractivity contribution is 6.07. The Morgan fingerprint density at radius 1 is 1.05 bits per heavy atom. The maximum atomic E-state index is 10.2. The molecule has 1 heterocycles. The first-order valence-corrected chi connectivity index (χ1v) is 6.72. The van der Waals surface area contributed by atoms with E-state index in [0.717, 1.165) is 16.4 Å². The number of fused-ring (bicyclic) bond motifs is 3. The van der Waals surface area contributed by atoms with Gasteiger partial charge in [0.1, 0.15) is 6.10 Å². The average molecular weight is 270 g/mol. The highest BCUT2D eigenvalue weighted by Crippen LogP contribution is 2.28. The van der Waals surface area contributed by atoms with Crippen molar-refractivity contribution in [3.63, 3.8) is 0 Å². The molecule has 0 spiro atoms. The lowest BCUT2D eigenvalue weighted by Gasteiger charge is -2.17. The van der Waals surface area contributed by atoms with Crippen molar-refractivity contribution in [2.75, 3.05) is 13.6 Å². The summed E-state index contributed by atoms with van der Waals surface area (Å²) < 4.78 is 0. The molecule has 0 saturated heterocycles. The molecule has 0 amide bonds. The largest absolute Gasteiger partial charge is 0.389 e. The fraction of sp³-hybridized carbons (Fsp3) is 0.250. The standard InChI is InChI=1S/C16H18N2O2/c1-17-9-15(19)16(20)10-6-7-12-11-4-2-3-5-13(11)18-14(12)8-10/h2-8,15-20H,9H2,1H3. The summed E-state index contributed by atoms with van der Waals surface area (Å²) in [6.07, 6.45) is -1.71. The third-order valence-electron chi connectivity index (χ3n) is 3.65. The van der Waals surface area contributed by atoms with Gasteiger partial charge in [0.25, 0.3) is 0 Å². The highest BCUT2D eigenvalue weighted by Gasteiger charge is 2.18. The maximum Gasteiger partial charge on any atom is 0.106 e. The summed E-state index contributed by atoms with van der Waals surface area (Å²) >= 11 is 0. The molecule has 3 aromatic rings. The molecular formula is C16H18N2O2. The first-order valence-electron chi connectivity index (χ1n) is 6.72. The van der Waals surface area contributed by atoms with Crippen molar-refractivity contribution in [2.24, 2.45) is 0 Å². The van der Waals surface area contributed by atoms with Crippen LogP contribution in [0, 0.1) is 0 Å². The zero-order valence-electron chi connectivity index (χ0n) is 11.3. The molecule has 2 aromatic carbocycles. The minimum atomic E-state index is -0.890. The zero-order valence-corrected chi connectivity index (χ0v) is 11.3. The smallest absolute Gasteiger partial charge is 0.106 e. The second kappa shape index (κ2) is 5.25. The van der Waals surface area contributed by atoms with Crippen molar-refractivity contribution in [3.05, 3.63) is 48.0 Å². The highest BCUT2D eigenvalue weighted by atomic mass is 16.3. The van der Waals surface area contributed by atoms with Crippen molar-refractivity contribution in [2.45, 2.75) is 12.2 Å². The van der Waals surface area contributed by atoms with Crippen LogP contribution >= 0.6 is 0 Å². The summed E-state index contributed by atoms with van der Waals surface area (Å²) in [4.78, 5) is 3.34. The van der Waals surface area contributed by atoms with Crippen molar-refractivity contribution < 1.29 is 10.2 Å². The molecule has 0 fully saturated rings. The van der Waals surface area contributed by atoms with Crippen molar-refractivity contribution >= 4 is 21.8 Å². The monoisotopic (exact) mass is 270 g/mol. The lowest BCUT2D eigenvalue weighted by Crippen LogP contribution is -2.29. The number of para-hydroxylation sites is 1. The van der Waals surface area contributed by atoms with Gasteiger partial charge in [-0.05, 0) is 24.7 Å². The SMILES string of the molecule is CNCC(O)C(O)c1ccc2c(c1)[nH]c1ccccc12. The Kier molecular flexibility index (Phi) is 3.44. The molecule has 0 aliphatic rings. The van der Waals surface area contributed by atoms with E-state index in [1.807, 2.05) is 36.4 Å². The molecule has 1 aromatic heterocycles. The molecule has 0 saturated carbocycles.